The Balaban J connectivity index is 0. The standard InChI is InChI=1S/Ni.HO2PS/c;1-3(2)4/h;(H,1,2,4). The van der Waals surface area contributed by atoms with Crippen LogP contribution in [0, 0.1) is 0 Å². The number of hydrogen-bond acceptors (Lipinski definition) is 2. The molecule has 0 saturated carbocycles. The second kappa shape index (κ2) is 4.74. The van der Waals surface area contributed by atoms with Gasteiger partial charge in [-0.25, -0.2) is 9.13 Å². The summed E-state index contributed by atoms with van der Waals surface area (Å²) in [5, 5.41) is 0. The molecule has 0 N–H and O–H groups in total. The van der Waals surface area contributed by atoms with Crippen molar-refractivity contribution in [3.63, 3.8) is 0 Å². The third-order valence-corrected chi connectivity index (χ3v) is 0. The van der Waals surface area contributed by atoms with Crippen LogP contribution >= 0.6 is 19.1 Å². The zero-order valence-electron chi connectivity index (χ0n) is 2.03. The molecule has 0 aromatic heterocycles. The van der Waals surface area contributed by atoms with Crippen molar-refractivity contribution in [2.45, 2.75) is 0 Å². The Bertz CT molecular complexity index is 58.0. The van der Waals surface area contributed by atoms with Gasteiger partial charge in [-0.15, -0.1) is 0 Å². The number of rotatable bonds is 0. The summed E-state index contributed by atoms with van der Waals surface area (Å²) >= 11 is 2.92. The molecule has 0 amide bonds. The molecule has 34 valence electrons. The summed E-state index contributed by atoms with van der Waals surface area (Å²) in [6.45, 7) is -2.43. The molecule has 0 bridgehead atoms. The topological polar surface area (TPSA) is 34.1 Å². The molecule has 5 heteroatoms. The first-order valence-electron chi connectivity index (χ1n) is 0.565. The van der Waals surface area contributed by atoms with Gasteiger partial charge in [0.15, 0.2) is 0 Å². The Morgan fingerprint density at radius 3 is 1.40 bits per heavy atom. The van der Waals surface area contributed by atoms with E-state index >= 15 is 0 Å². The van der Waals surface area contributed by atoms with Crippen LogP contribution in [0.2, 0.25) is 0 Å². The van der Waals surface area contributed by atoms with Crippen molar-refractivity contribution in [3.8, 4) is 0 Å². The van der Waals surface area contributed by atoms with Crippen LogP contribution in [0.25, 0.3) is 0 Å². The summed E-state index contributed by atoms with van der Waals surface area (Å²) < 4.78 is 17.8. The molecule has 0 aliphatic rings. The van der Waals surface area contributed by atoms with Crippen LogP contribution in [0.1, 0.15) is 0 Å². The number of thiol groups is 1. The molecule has 0 aromatic carbocycles. The Labute approximate surface area is 45.2 Å². The molecule has 0 rings (SSSR count). The van der Waals surface area contributed by atoms with Crippen molar-refractivity contribution in [1.82, 2.24) is 0 Å². The molecule has 0 fully saturated rings. The second-order valence-electron chi connectivity index (χ2n) is 0.238. The van der Waals surface area contributed by atoms with Crippen LogP contribution in [-0.2, 0) is 25.6 Å². The van der Waals surface area contributed by atoms with Crippen molar-refractivity contribution in [2.24, 2.45) is 0 Å². The quantitative estimate of drug-likeness (QED) is 0.321. The van der Waals surface area contributed by atoms with Gasteiger partial charge in [0.2, 0.25) is 0 Å². The summed E-state index contributed by atoms with van der Waals surface area (Å²) in [6.07, 6.45) is 0. The molecule has 0 saturated heterocycles. The van der Waals surface area contributed by atoms with E-state index in [4.69, 9.17) is 9.13 Å². The van der Waals surface area contributed by atoms with Gasteiger partial charge in [0, 0.05) is 16.5 Å². The third-order valence-electron chi connectivity index (χ3n) is 0. The van der Waals surface area contributed by atoms with Crippen LogP contribution in [-0.4, -0.2) is 0 Å². The van der Waals surface area contributed by atoms with E-state index in [1.165, 1.54) is 0 Å². The first-order valence-corrected chi connectivity index (χ1v) is 2.90. The molecule has 0 aliphatic heterocycles. The van der Waals surface area contributed by atoms with E-state index in [0.717, 1.165) is 0 Å². The molecule has 0 unspecified atom stereocenters. The van der Waals surface area contributed by atoms with Crippen LogP contribution in [0.3, 0.4) is 0 Å². The first-order chi connectivity index (χ1) is 1.73. The summed E-state index contributed by atoms with van der Waals surface area (Å²) in [6, 6.07) is 0. The van der Waals surface area contributed by atoms with E-state index in [2.05, 4.69) is 12.2 Å². The normalized spacial score (nSPS) is 5.00. The van der Waals surface area contributed by atoms with Gasteiger partial charge in [0.1, 0.15) is 0 Å². The predicted octanol–water partition coefficient (Wildman–Crippen LogP) is 1.00. The maximum atomic E-state index is 8.90. The Kier molecular flexibility index (Phi) is 8.75. The Hall–Kier alpha value is 0.744. The largest absolute Gasteiger partial charge is 0.375 e. The van der Waals surface area contributed by atoms with Crippen LogP contribution in [0.5, 0.6) is 0 Å². The minimum atomic E-state index is -2.43. The fourth-order valence-electron chi connectivity index (χ4n) is 0. The van der Waals surface area contributed by atoms with Crippen molar-refractivity contribution < 1.29 is 25.6 Å². The average molecular weight is 155 g/mol. The second-order valence-corrected chi connectivity index (χ2v) is 1.69. The fraction of sp³-hybridized carbons (Fsp3) is 0. The Morgan fingerprint density at radius 1 is 1.40 bits per heavy atom. The summed E-state index contributed by atoms with van der Waals surface area (Å²) in [7, 11) is 0. The maximum Gasteiger partial charge on any atom is 0.375 e. The van der Waals surface area contributed by atoms with E-state index < -0.39 is 6.88 Å². The molecular formula is HNiO2PS. The first kappa shape index (κ1) is 9.22. The van der Waals surface area contributed by atoms with Gasteiger partial charge in [-0.05, 0) is 12.2 Å². The SMILES string of the molecule is O=P(=O)S.[Ni]. The third kappa shape index (κ3) is 64.6. The smallest absolute Gasteiger partial charge is 0.225 e. The number of hydrogen-bond donors (Lipinski definition) is 1. The predicted molar refractivity (Wildman–Crippen MR) is 17.3 cm³/mol. The summed E-state index contributed by atoms with van der Waals surface area (Å²) in [4.78, 5) is 0. The minimum absolute atomic E-state index is 0. The van der Waals surface area contributed by atoms with E-state index in [1.807, 2.05) is 0 Å². The zero-order valence-corrected chi connectivity index (χ0v) is 4.80. The Morgan fingerprint density at radius 2 is 1.40 bits per heavy atom. The van der Waals surface area contributed by atoms with Gasteiger partial charge in [-0.2, -0.15) is 0 Å². The van der Waals surface area contributed by atoms with E-state index in [0.29, 0.717) is 0 Å². The van der Waals surface area contributed by atoms with Gasteiger partial charge in [0.25, 0.3) is 0 Å². The molecule has 0 aromatic rings. The van der Waals surface area contributed by atoms with Gasteiger partial charge in [-0.3, -0.25) is 0 Å². The molecule has 0 spiro atoms. The fourth-order valence-corrected chi connectivity index (χ4v) is 0. The van der Waals surface area contributed by atoms with Gasteiger partial charge < -0.3 is 0 Å². The zero-order chi connectivity index (χ0) is 3.58. The van der Waals surface area contributed by atoms with E-state index in [9.17, 15) is 0 Å². The molecule has 0 atom stereocenters. The van der Waals surface area contributed by atoms with Crippen molar-refractivity contribution in [2.75, 3.05) is 0 Å². The van der Waals surface area contributed by atoms with Crippen LogP contribution in [0.4, 0.5) is 0 Å². The summed E-state index contributed by atoms with van der Waals surface area (Å²) in [5.41, 5.74) is 0. The molecular weight excluding hydrogens is 154 g/mol. The van der Waals surface area contributed by atoms with Crippen molar-refractivity contribution >= 4 is 19.1 Å². The monoisotopic (exact) mass is 154 g/mol. The molecule has 0 radical (unpaired) electrons. The molecule has 0 aliphatic carbocycles. The van der Waals surface area contributed by atoms with Crippen LogP contribution < -0.4 is 0 Å². The maximum absolute atomic E-state index is 8.90. The average Bonchev–Trinajstić information content (AvgIpc) is 0.811. The van der Waals surface area contributed by atoms with Crippen molar-refractivity contribution in [1.29, 1.82) is 0 Å². The van der Waals surface area contributed by atoms with E-state index in [1.54, 1.807) is 0 Å². The van der Waals surface area contributed by atoms with E-state index in [-0.39, 0.29) is 16.5 Å². The van der Waals surface area contributed by atoms with Crippen LogP contribution in [0.15, 0.2) is 0 Å². The summed E-state index contributed by atoms with van der Waals surface area (Å²) in [5.74, 6) is 0. The minimum Gasteiger partial charge on any atom is -0.225 e. The van der Waals surface area contributed by atoms with Gasteiger partial charge >= 0.3 is 6.88 Å². The van der Waals surface area contributed by atoms with Gasteiger partial charge in [-0.1, -0.05) is 0 Å². The molecule has 0 heterocycles. The van der Waals surface area contributed by atoms with Gasteiger partial charge in [0.05, 0.1) is 0 Å². The molecule has 2 nitrogen and oxygen atoms in total. The van der Waals surface area contributed by atoms with Crippen molar-refractivity contribution in [3.05, 3.63) is 0 Å². The molecule has 5 heavy (non-hydrogen) atoms.